The molecule has 0 saturated carbocycles. The third kappa shape index (κ3) is 9.53. The lowest BCUT2D eigenvalue weighted by Gasteiger charge is -2.13. The van der Waals surface area contributed by atoms with E-state index in [1.54, 1.807) is 6.08 Å². The molecule has 0 bridgehead atoms. The fourth-order valence-corrected chi connectivity index (χ4v) is 1.45. The molecule has 0 fully saturated rings. The zero-order valence-electron chi connectivity index (χ0n) is 12.7. The summed E-state index contributed by atoms with van der Waals surface area (Å²) >= 11 is 0. The highest BCUT2D eigenvalue weighted by Crippen LogP contribution is 2.08. The van der Waals surface area contributed by atoms with Crippen molar-refractivity contribution in [2.75, 3.05) is 13.3 Å². The average molecular weight is 282 g/mol. The van der Waals surface area contributed by atoms with Crippen LogP contribution in [0.15, 0.2) is 47.7 Å². The van der Waals surface area contributed by atoms with Gasteiger partial charge in [-0.25, -0.2) is 0 Å². The minimum absolute atomic E-state index is 0.0167. The second-order valence-corrected chi connectivity index (χ2v) is 4.41. The van der Waals surface area contributed by atoms with E-state index in [4.69, 9.17) is 10.6 Å². The first-order chi connectivity index (χ1) is 9.65. The Morgan fingerprint density at radius 2 is 2.05 bits per heavy atom. The molecule has 0 aliphatic carbocycles. The molecular weight excluding hydrogens is 255 g/mol. The lowest BCUT2D eigenvalue weighted by molar-refractivity contribution is 0.114. The summed E-state index contributed by atoms with van der Waals surface area (Å²) in [5.74, 6) is 5.44. The molecule has 20 heavy (non-hydrogen) atoms. The molecule has 3 nitrogen and oxygen atoms in total. The number of allylic oxidation sites excluding steroid dienone is 5. The summed E-state index contributed by atoms with van der Waals surface area (Å²) in [4.78, 5) is 0. The van der Waals surface area contributed by atoms with Gasteiger partial charge in [-0.1, -0.05) is 37.3 Å². The minimum atomic E-state index is -0.315. The summed E-state index contributed by atoms with van der Waals surface area (Å²) in [6, 6.07) is 0. The molecule has 0 radical (unpaired) electrons. The van der Waals surface area contributed by atoms with Crippen molar-refractivity contribution in [3.05, 3.63) is 47.7 Å². The summed E-state index contributed by atoms with van der Waals surface area (Å²) < 4.78 is 17.5. The van der Waals surface area contributed by atoms with E-state index < -0.39 is 0 Å². The number of alkyl halides is 1. The van der Waals surface area contributed by atoms with Gasteiger partial charge in [-0.05, 0) is 38.3 Å². The van der Waals surface area contributed by atoms with Gasteiger partial charge < -0.3 is 10.2 Å². The Morgan fingerprint density at radius 3 is 2.65 bits per heavy atom. The Kier molecular flexibility index (Phi) is 11.8. The molecule has 1 unspecified atom stereocenters. The molecule has 0 aliphatic heterocycles. The van der Waals surface area contributed by atoms with E-state index in [2.05, 4.69) is 12.3 Å². The van der Waals surface area contributed by atoms with Gasteiger partial charge in [0.25, 0.3) is 0 Å². The first kappa shape index (κ1) is 18.6. The molecule has 3 N–H and O–H groups in total. The Bertz CT molecular complexity index is 359. The number of hydrogen-bond acceptors (Lipinski definition) is 3. The number of rotatable bonds is 10. The van der Waals surface area contributed by atoms with E-state index in [0.29, 0.717) is 13.0 Å². The number of hydrazine groups is 1. The molecular formula is C16H27FN2O. The lowest BCUT2D eigenvalue weighted by Crippen LogP contribution is -2.21. The third-order valence-electron chi connectivity index (χ3n) is 2.72. The molecule has 0 heterocycles. The summed E-state index contributed by atoms with van der Waals surface area (Å²) in [7, 11) is 0. The first-order valence-corrected chi connectivity index (χ1v) is 6.99. The minimum Gasteiger partial charge on any atom is -0.370 e. The molecule has 0 aromatic rings. The highest BCUT2D eigenvalue weighted by molar-refractivity contribution is 5.22. The maximum Gasteiger partial charge on any atom is 0.0928 e. The maximum absolute atomic E-state index is 11.8. The van der Waals surface area contributed by atoms with Crippen LogP contribution >= 0.6 is 0 Å². The second kappa shape index (κ2) is 12.6. The highest BCUT2D eigenvalue weighted by Gasteiger charge is 2.03. The van der Waals surface area contributed by atoms with Crippen LogP contribution in [0.25, 0.3) is 0 Å². The van der Waals surface area contributed by atoms with Crippen molar-refractivity contribution in [1.29, 1.82) is 0 Å². The van der Waals surface area contributed by atoms with Crippen LogP contribution in [0.1, 0.15) is 33.6 Å². The molecule has 0 spiro atoms. The van der Waals surface area contributed by atoms with Gasteiger partial charge >= 0.3 is 0 Å². The van der Waals surface area contributed by atoms with E-state index in [9.17, 15) is 4.39 Å². The Labute approximate surface area is 122 Å². The topological polar surface area (TPSA) is 47.3 Å². The van der Waals surface area contributed by atoms with Crippen LogP contribution in [0.2, 0.25) is 0 Å². The summed E-state index contributed by atoms with van der Waals surface area (Å²) in [6.45, 7) is 6.27. The van der Waals surface area contributed by atoms with Crippen molar-refractivity contribution in [3.63, 3.8) is 0 Å². The molecule has 0 aromatic carbocycles. The first-order valence-electron chi connectivity index (χ1n) is 6.99. The van der Waals surface area contributed by atoms with E-state index in [0.717, 1.165) is 17.7 Å². The van der Waals surface area contributed by atoms with Crippen molar-refractivity contribution in [2.45, 2.75) is 39.7 Å². The molecule has 0 saturated heterocycles. The van der Waals surface area contributed by atoms with Gasteiger partial charge in [-0.15, -0.1) is 0 Å². The van der Waals surface area contributed by atoms with Crippen LogP contribution in [0.5, 0.6) is 0 Å². The smallest absolute Gasteiger partial charge is 0.0928 e. The molecule has 0 aliphatic rings. The van der Waals surface area contributed by atoms with Gasteiger partial charge in [-0.2, -0.15) is 0 Å². The number of ether oxygens (including phenoxy) is 1. The molecule has 0 rings (SSSR count). The molecule has 0 aromatic heterocycles. The number of halogens is 1. The molecule has 114 valence electrons. The van der Waals surface area contributed by atoms with Crippen LogP contribution < -0.4 is 11.3 Å². The van der Waals surface area contributed by atoms with Crippen LogP contribution in [-0.4, -0.2) is 19.4 Å². The Balaban J connectivity index is 4.16. The van der Waals surface area contributed by atoms with Crippen LogP contribution in [0.3, 0.4) is 0 Å². The van der Waals surface area contributed by atoms with E-state index in [1.807, 2.05) is 44.2 Å². The third-order valence-corrected chi connectivity index (χ3v) is 2.72. The largest absolute Gasteiger partial charge is 0.370 e. The zero-order chi connectivity index (χ0) is 15.2. The van der Waals surface area contributed by atoms with Crippen molar-refractivity contribution in [2.24, 2.45) is 5.84 Å². The van der Waals surface area contributed by atoms with Gasteiger partial charge in [0.05, 0.1) is 19.4 Å². The Morgan fingerprint density at radius 1 is 1.35 bits per heavy atom. The maximum atomic E-state index is 11.8. The number of nitrogens with two attached hydrogens (primary N) is 1. The monoisotopic (exact) mass is 282 g/mol. The summed E-state index contributed by atoms with van der Waals surface area (Å²) in [5.41, 5.74) is 4.65. The van der Waals surface area contributed by atoms with E-state index in [1.165, 1.54) is 0 Å². The van der Waals surface area contributed by atoms with Gasteiger partial charge in [0.2, 0.25) is 0 Å². The summed E-state index contributed by atoms with van der Waals surface area (Å²) in [5, 5.41) is 0. The predicted octanol–water partition coefficient (Wildman–Crippen LogP) is 3.57. The molecule has 0 amide bonds. The summed E-state index contributed by atoms with van der Waals surface area (Å²) in [6.07, 6.45) is 12.8. The molecule has 1 atom stereocenters. The molecule has 4 heteroatoms. The van der Waals surface area contributed by atoms with E-state index >= 15 is 0 Å². The zero-order valence-corrected chi connectivity index (χ0v) is 12.7. The predicted molar refractivity (Wildman–Crippen MR) is 83.7 cm³/mol. The van der Waals surface area contributed by atoms with Gasteiger partial charge in [-0.3, -0.25) is 10.2 Å². The number of nitrogens with one attached hydrogen (secondary N) is 1. The highest BCUT2D eigenvalue weighted by atomic mass is 19.1. The quantitative estimate of drug-likeness (QED) is 0.366. The second-order valence-electron chi connectivity index (χ2n) is 4.41. The van der Waals surface area contributed by atoms with Crippen molar-refractivity contribution >= 4 is 0 Å². The van der Waals surface area contributed by atoms with Gasteiger partial charge in [0, 0.05) is 5.70 Å². The fourth-order valence-electron chi connectivity index (χ4n) is 1.45. The van der Waals surface area contributed by atoms with Crippen LogP contribution in [0.4, 0.5) is 4.39 Å². The van der Waals surface area contributed by atoms with Gasteiger partial charge in [0.1, 0.15) is 0 Å². The van der Waals surface area contributed by atoms with Gasteiger partial charge in [0.15, 0.2) is 0 Å². The normalized spacial score (nSPS) is 15.2. The Hall–Kier alpha value is -1.39. The average Bonchev–Trinajstić information content (AvgIpc) is 2.45. The van der Waals surface area contributed by atoms with E-state index in [-0.39, 0.29) is 12.8 Å². The van der Waals surface area contributed by atoms with Crippen molar-refractivity contribution in [1.82, 2.24) is 5.43 Å². The SMILES string of the molecule is CC/C=C(\C=C(\C)C(C)OC/C=C\C=C/CCF)NN. The van der Waals surface area contributed by atoms with Crippen molar-refractivity contribution in [3.8, 4) is 0 Å². The van der Waals surface area contributed by atoms with Crippen LogP contribution in [0, 0.1) is 0 Å². The van der Waals surface area contributed by atoms with Crippen molar-refractivity contribution < 1.29 is 9.13 Å². The fraction of sp³-hybridized carbons (Fsp3) is 0.500. The standard InChI is InChI=1S/C16H27FN2O/c1-4-10-16(19-18)13-14(2)15(3)20-12-9-7-5-6-8-11-17/h5-7,9-10,13,15,19H,4,8,11-12,18H2,1-3H3/b6-5-,9-7-,14-13-,16-10+. The van der Waals surface area contributed by atoms with Crippen LogP contribution in [-0.2, 0) is 4.74 Å². The lowest BCUT2D eigenvalue weighted by atomic mass is 10.1. The number of hydrogen-bond donors (Lipinski definition) is 2.